The number of ether oxygens (including phenoxy) is 2. The molecule has 2 heterocycles. The molecule has 0 aliphatic carbocycles. The fourth-order valence-corrected chi connectivity index (χ4v) is 3.67. The second kappa shape index (κ2) is 12.3. The number of hydrogen-bond donors (Lipinski definition) is 1. The Morgan fingerprint density at radius 3 is 2.73 bits per heavy atom. The van der Waals surface area contributed by atoms with Crippen molar-refractivity contribution in [3.8, 4) is 0 Å². The first-order valence-electron chi connectivity index (χ1n) is 11.0. The fourth-order valence-electron chi connectivity index (χ4n) is 3.67. The van der Waals surface area contributed by atoms with Crippen LogP contribution in [0.15, 0.2) is 47.7 Å². The number of rotatable bonds is 10. The van der Waals surface area contributed by atoms with Crippen molar-refractivity contribution in [2.75, 3.05) is 40.0 Å². The first-order valence-corrected chi connectivity index (χ1v) is 11.0. The maximum atomic E-state index is 5.98. The van der Waals surface area contributed by atoms with Crippen LogP contribution in [-0.4, -0.2) is 66.5 Å². The maximum absolute atomic E-state index is 5.98. The zero-order chi connectivity index (χ0) is 21.0. The molecular formula is C23H35N5O2. The molecule has 1 aromatic heterocycles. The van der Waals surface area contributed by atoms with Crippen LogP contribution in [0.5, 0.6) is 0 Å². The van der Waals surface area contributed by atoms with E-state index in [2.05, 4.69) is 51.0 Å². The molecule has 0 radical (unpaired) electrons. The molecule has 0 spiro atoms. The van der Waals surface area contributed by atoms with E-state index in [1.54, 1.807) is 7.11 Å². The zero-order valence-electron chi connectivity index (χ0n) is 18.3. The molecule has 2 aromatic rings. The lowest BCUT2D eigenvalue weighted by Crippen LogP contribution is -2.47. The van der Waals surface area contributed by atoms with Crippen LogP contribution in [0.1, 0.15) is 37.6 Å². The molecule has 3 rings (SSSR count). The Bertz CT molecular complexity index is 754. The maximum Gasteiger partial charge on any atom is 0.194 e. The number of guanidine groups is 1. The smallest absolute Gasteiger partial charge is 0.194 e. The Labute approximate surface area is 180 Å². The lowest BCUT2D eigenvalue weighted by molar-refractivity contribution is 0.00990. The number of imidazole rings is 1. The van der Waals surface area contributed by atoms with Gasteiger partial charge in [-0.15, -0.1) is 0 Å². The van der Waals surface area contributed by atoms with E-state index in [4.69, 9.17) is 14.5 Å². The van der Waals surface area contributed by atoms with E-state index < -0.39 is 0 Å². The van der Waals surface area contributed by atoms with Gasteiger partial charge in [0.25, 0.3) is 0 Å². The van der Waals surface area contributed by atoms with Crippen LogP contribution in [0.3, 0.4) is 0 Å². The largest absolute Gasteiger partial charge is 0.385 e. The van der Waals surface area contributed by atoms with Gasteiger partial charge in [0.1, 0.15) is 12.4 Å². The number of aliphatic imine (C=N–C) groups is 1. The van der Waals surface area contributed by atoms with E-state index in [0.717, 1.165) is 70.4 Å². The van der Waals surface area contributed by atoms with Crippen LogP contribution in [-0.2, 0) is 22.6 Å². The average Bonchev–Trinajstić information content (AvgIpc) is 3.22. The minimum atomic E-state index is 0.339. The monoisotopic (exact) mass is 413 g/mol. The van der Waals surface area contributed by atoms with Crippen molar-refractivity contribution < 1.29 is 9.47 Å². The van der Waals surface area contributed by atoms with Crippen LogP contribution in [0, 0.1) is 0 Å². The Morgan fingerprint density at radius 2 is 2.00 bits per heavy atom. The molecule has 1 aliphatic heterocycles. The predicted octanol–water partition coefficient (Wildman–Crippen LogP) is 2.91. The molecule has 0 amide bonds. The first kappa shape index (κ1) is 22.3. The highest BCUT2D eigenvalue weighted by molar-refractivity contribution is 5.80. The van der Waals surface area contributed by atoms with E-state index in [0.29, 0.717) is 12.6 Å². The van der Waals surface area contributed by atoms with Crippen LogP contribution in [0.25, 0.3) is 0 Å². The molecule has 0 unspecified atom stereocenters. The third-order valence-electron chi connectivity index (χ3n) is 5.29. The minimum absolute atomic E-state index is 0.339. The molecule has 1 aromatic carbocycles. The number of likely N-dealkylation sites (tertiary alicyclic amines) is 1. The second-order valence-corrected chi connectivity index (χ2v) is 7.53. The van der Waals surface area contributed by atoms with Gasteiger partial charge in [-0.05, 0) is 31.7 Å². The van der Waals surface area contributed by atoms with E-state index >= 15 is 0 Å². The number of benzene rings is 1. The summed E-state index contributed by atoms with van der Waals surface area (Å²) in [5, 5.41) is 3.44. The number of nitrogens with zero attached hydrogens (tertiary/aromatic N) is 4. The van der Waals surface area contributed by atoms with Crippen LogP contribution >= 0.6 is 0 Å². The highest BCUT2D eigenvalue weighted by Crippen LogP contribution is 2.15. The summed E-state index contributed by atoms with van der Waals surface area (Å²) in [6.07, 6.45) is 7.23. The molecule has 1 N–H and O–H groups in total. The average molecular weight is 414 g/mol. The molecule has 1 aliphatic rings. The fraction of sp³-hybridized carbons (Fsp3) is 0.565. The van der Waals surface area contributed by atoms with Gasteiger partial charge in [-0.3, -0.25) is 0 Å². The summed E-state index contributed by atoms with van der Waals surface area (Å²) < 4.78 is 13.2. The summed E-state index contributed by atoms with van der Waals surface area (Å²) in [6, 6.07) is 10.5. The van der Waals surface area contributed by atoms with Crippen LogP contribution in [0.2, 0.25) is 0 Å². The molecule has 30 heavy (non-hydrogen) atoms. The zero-order valence-corrected chi connectivity index (χ0v) is 18.3. The van der Waals surface area contributed by atoms with Gasteiger partial charge in [0.2, 0.25) is 0 Å². The molecule has 164 valence electrons. The summed E-state index contributed by atoms with van der Waals surface area (Å²) in [5.74, 6) is 1.94. The van der Waals surface area contributed by atoms with Gasteiger partial charge in [-0.1, -0.05) is 30.3 Å². The SMILES string of the molecule is CCNC(=NCc1nccn1Cc1ccccc1)N1CCC(OCCCOC)CC1. The third kappa shape index (κ3) is 6.85. The van der Waals surface area contributed by atoms with Gasteiger partial charge in [0.15, 0.2) is 5.96 Å². The number of nitrogens with one attached hydrogen (secondary N) is 1. The number of hydrogen-bond acceptors (Lipinski definition) is 4. The summed E-state index contributed by atoms with van der Waals surface area (Å²) in [5.41, 5.74) is 1.26. The lowest BCUT2D eigenvalue weighted by atomic mass is 10.1. The molecule has 1 saturated heterocycles. The Balaban J connectivity index is 1.54. The normalized spacial score (nSPS) is 15.5. The topological polar surface area (TPSA) is 63.9 Å². The van der Waals surface area contributed by atoms with Crippen molar-refractivity contribution in [1.82, 2.24) is 19.8 Å². The summed E-state index contributed by atoms with van der Waals surface area (Å²) >= 11 is 0. The number of piperidine rings is 1. The van der Waals surface area contributed by atoms with Crippen molar-refractivity contribution in [2.24, 2.45) is 4.99 Å². The Morgan fingerprint density at radius 1 is 1.20 bits per heavy atom. The van der Waals surface area contributed by atoms with Crippen LogP contribution in [0.4, 0.5) is 0 Å². The number of aromatic nitrogens is 2. The van der Waals surface area contributed by atoms with Crippen molar-refractivity contribution in [3.05, 3.63) is 54.1 Å². The third-order valence-corrected chi connectivity index (χ3v) is 5.29. The van der Waals surface area contributed by atoms with Crippen molar-refractivity contribution in [2.45, 2.75) is 45.4 Å². The number of methoxy groups -OCH3 is 1. The minimum Gasteiger partial charge on any atom is -0.385 e. The molecule has 7 heteroatoms. The van der Waals surface area contributed by atoms with Gasteiger partial charge >= 0.3 is 0 Å². The first-order chi connectivity index (χ1) is 14.8. The molecule has 7 nitrogen and oxygen atoms in total. The molecule has 0 bridgehead atoms. The second-order valence-electron chi connectivity index (χ2n) is 7.53. The van der Waals surface area contributed by atoms with Gasteiger partial charge in [-0.25, -0.2) is 9.98 Å². The van der Waals surface area contributed by atoms with E-state index in [1.165, 1.54) is 5.56 Å². The molecular weight excluding hydrogens is 378 g/mol. The van der Waals surface area contributed by atoms with Gasteiger partial charge in [0.05, 0.1) is 6.10 Å². The molecule has 0 atom stereocenters. The standard InChI is InChI=1S/C23H35N5O2/c1-3-24-23(27-13-10-21(11-14-27)30-17-7-16-29-2)26-18-22-25-12-15-28(22)19-20-8-5-4-6-9-20/h4-6,8-9,12,15,21H,3,7,10-11,13-14,16-19H2,1-2H3,(H,24,26). The van der Waals surface area contributed by atoms with E-state index in [9.17, 15) is 0 Å². The Hall–Kier alpha value is -2.38. The Kier molecular flexibility index (Phi) is 9.18. The highest BCUT2D eigenvalue weighted by atomic mass is 16.5. The van der Waals surface area contributed by atoms with Crippen molar-refractivity contribution in [3.63, 3.8) is 0 Å². The van der Waals surface area contributed by atoms with Crippen LogP contribution < -0.4 is 5.32 Å². The van der Waals surface area contributed by atoms with E-state index in [-0.39, 0.29) is 0 Å². The van der Waals surface area contributed by atoms with Crippen molar-refractivity contribution in [1.29, 1.82) is 0 Å². The molecule has 0 saturated carbocycles. The van der Waals surface area contributed by atoms with Gasteiger partial charge in [0, 0.05) is 58.9 Å². The highest BCUT2D eigenvalue weighted by Gasteiger charge is 2.22. The summed E-state index contributed by atoms with van der Waals surface area (Å²) in [4.78, 5) is 11.8. The van der Waals surface area contributed by atoms with Gasteiger partial charge in [-0.2, -0.15) is 0 Å². The van der Waals surface area contributed by atoms with Gasteiger partial charge < -0.3 is 24.3 Å². The quantitative estimate of drug-likeness (QED) is 0.369. The molecule has 1 fully saturated rings. The lowest BCUT2D eigenvalue weighted by Gasteiger charge is -2.34. The summed E-state index contributed by atoms with van der Waals surface area (Å²) in [6.45, 7) is 7.79. The predicted molar refractivity (Wildman–Crippen MR) is 120 cm³/mol. The van der Waals surface area contributed by atoms with Crippen molar-refractivity contribution >= 4 is 5.96 Å². The summed E-state index contributed by atoms with van der Waals surface area (Å²) in [7, 11) is 1.73. The van der Waals surface area contributed by atoms with E-state index in [1.807, 2.05) is 18.5 Å².